The summed E-state index contributed by atoms with van der Waals surface area (Å²) in [6.45, 7) is 5.50. The average Bonchev–Trinajstić information content (AvgIpc) is 2.80. The molecule has 1 aliphatic rings. The number of sulfone groups is 1. The highest BCUT2D eigenvalue weighted by atomic mass is 32.2. The van der Waals surface area contributed by atoms with Gasteiger partial charge in [0.15, 0.2) is 15.0 Å². The Hall–Kier alpha value is -0.660. The summed E-state index contributed by atoms with van der Waals surface area (Å²) in [5.74, 6) is 0.205. The molecular formula is C10H17N3O2S2. The molecule has 1 aromatic rings. The van der Waals surface area contributed by atoms with Gasteiger partial charge in [-0.05, 0) is 6.42 Å². The Balaban J connectivity index is 2.15. The number of hydrogen-bond donors (Lipinski definition) is 1. The van der Waals surface area contributed by atoms with E-state index in [2.05, 4.69) is 15.2 Å². The number of thiazole rings is 1. The third-order valence-corrected chi connectivity index (χ3v) is 6.17. The van der Waals surface area contributed by atoms with Gasteiger partial charge in [0.25, 0.3) is 0 Å². The highest BCUT2D eigenvalue weighted by Gasteiger charge is 2.20. The number of nitrogens with one attached hydrogen (secondary N) is 1. The van der Waals surface area contributed by atoms with E-state index in [1.807, 2.05) is 6.92 Å². The van der Waals surface area contributed by atoms with Crippen LogP contribution in [0.2, 0.25) is 0 Å². The Labute approximate surface area is 106 Å². The number of hydrogen-bond acceptors (Lipinski definition) is 6. The zero-order valence-electron chi connectivity index (χ0n) is 9.85. The molecule has 0 amide bonds. The van der Waals surface area contributed by atoms with E-state index in [1.54, 1.807) is 0 Å². The van der Waals surface area contributed by atoms with Crippen LogP contribution in [0, 0.1) is 0 Å². The van der Waals surface area contributed by atoms with Gasteiger partial charge in [0.05, 0.1) is 11.9 Å². The molecule has 0 spiro atoms. The third-order valence-electron chi connectivity index (χ3n) is 2.64. The predicted octanol–water partition coefficient (Wildman–Crippen LogP) is 0.736. The summed E-state index contributed by atoms with van der Waals surface area (Å²) in [5, 5.41) is 4.08. The van der Waals surface area contributed by atoms with Crippen molar-refractivity contribution in [3.05, 3.63) is 6.20 Å². The molecule has 0 radical (unpaired) electrons. The van der Waals surface area contributed by atoms with E-state index in [0.29, 0.717) is 10.6 Å². The van der Waals surface area contributed by atoms with Gasteiger partial charge in [-0.1, -0.05) is 18.3 Å². The molecule has 0 atom stereocenters. The van der Waals surface area contributed by atoms with Gasteiger partial charge in [0.2, 0.25) is 0 Å². The molecule has 0 unspecified atom stereocenters. The minimum atomic E-state index is -3.11. The highest BCUT2D eigenvalue weighted by molar-refractivity contribution is 7.93. The molecule has 7 heteroatoms. The van der Waals surface area contributed by atoms with E-state index >= 15 is 0 Å². The second-order valence-electron chi connectivity index (χ2n) is 4.02. The van der Waals surface area contributed by atoms with E-state index in [9.17, 15) is 8.42 Å². The van der Waals surface area contributed by atoms with Crippen molar-refractivity contribution >= 4 is 26.3 Å². The average molecular weight is 275 g/mol. The first-order valence-electron chi connectivity index (χ1n) is 5.78. The van der Waals surface area contributed by atoms with E-state index < -0.39 is 9.84 Å². The van der Waals surface area contributed by atoms with Gasteiger partial charge in [-0.15, -0.1) is 0 Å². The van der Waals surface area contributed by atoms with Gasteiger partial charge >= 0.3 is 0 Å². The van der Waals surface area contributed by atoms with Gasteiger partial charge in [0, 0.05) is 26.2 Å². The lowest BCUT2D eigenvalue weighted by atomic mass is 10.4. The van der Waals surface area contributed by atoms with Gasteiger partial charge in [-0.2, -0.15) is 0 Å². The molecule has 0 aliphatic carbocycles. The first-order valence-corrected chi connectivity index (χ1v) is 8.24. The predicted molar refractivity (Wildman–Crippen MR) is 69.5 cm³/mol. The Morgan fingerprint density at radius 2 is 2.18 bits per heavy atom. The molecule has 96 valence electrons. The summed E-state index contributed by atoms with van der Waals surface area (Å²) in [7, 11) is -3.11. The molecule has 2 heterocycles. The number of aromatic nitrogens is 1. The number of piperazine rings is 1. The van der Waals surface area contributed by atoms with Crippen LogP contribution >= 0.6 is 11.3 Å². The summed E-state index contributed by atoms with van der Waals surface area (Å²) in [5.41, 5.74) is 0. The van der Waals surface area contributed by atoms with Crippen LogP contribution in [0.4, 0.5) is 5.13 Å². The molecule has 1 saturated heterocycles. The van der Waals surface area contributed by atoms with Crippen molar-refractivity contribution in [2.75, 3.05) is 36.8 Å². The molecule has 0 bridgehead atoms. The Morgan fingerprint density at radius 1 is 1.47 bits per heavy atom. The maximum Gasteiger partial charge on any atom is 0.189 e. The van der Waals surface area contributed by atoms with Gasteiger partial charge in [0.1, 0.15) is 4.21 Å². The molecule has 5 nitrogen and oxygen atoms in total. The smallest absolute Gasteiger partial charge is 0.189 e. The van der Waals surface area contributed by atoms with Crippen LogP contribution in [-0.2, 0) is 9.84 Å². The highest BCUT2D eigenvalue weighted by Crippen LogP contribution is 2.27. The molecular weight excluding hydrogens is 258 g/mol. The zero-order chi connectivity index (χ0) is 12.3. The Morgan fingerprint density at radius 3 is 2.82 bits per heavy atom. The molecule has 1 aliphatic heterocycles. The fourth-order valence-corrected chi connectivity index (χ4v) is 4.40. The monoisotopic (exact) mass is 275 g/mol. The number of rotatable bonds is 4. The first-order chi connectivity index (χ1) is 8.13. The summed E-state index contributed by atoms with van der Waals surface area (Å²) in [6.07, 6.45) is 2.14. The quantitative estimate of drug-likeness (QED) is 0.878. The van der Waals surface area contributed by atoms with Crippen LogP contribution in [0.15, 0.2) is 10.4 Å². The molecule has 0 aromatic carbocycles. The van der Waals surface area contributed by atoms with Crippen molar-refractivity contribution < 1.29 is 8.42 Å². The van der Waals surface area contributed by atoms with Crippen LogP contribution in [0.5, 0.6) is 0 Å². The van der Waals surface area contributed by atoms with Crippen molar-refractivity contribution in [2.45, 2.75) is 17.6 Å². The van der Waals surface area contributed by atoms with E-state index in [1.165, 1.54) is 17.5 Å². The number of nitrogens with zero attached hydrogens (tertiary/aromatic N) is 2. The SMILES string of the molecule is CCCS(=O)(=O)c1cnc(N2CCNCC2)s1. The van der Waals surface area contributed by atoms with Crippen LogP contribution in [0.3, 0.4) is 0 Å². The van der Waals surface area contributed by atoms with Crippen molar-refractivity contribution in [3.8, 4) is 0 Å². The minimum Gasteiger partial charge on any atom is -0.346 e. The van der Waals surface area contributed by atoms with Crippen LogP contribution in [-0.4, -0.2) is 45.3 Å². The van der Waals surface area contributed by atoms with Gasteiger partial charge in [-0.3, -0.25) is 0 Å². The third kappa shape index (κ3) is 2.97. The standard InChI is InChI=1S/C10H17N3O2S2/c1-2-7-17(14,15)9-8-12-10(16-9)13-5-3-11-4-6-13/h8,11H,2-7H2,1H3. The zero-order valence-corrected chi connectivity index (χ0v) is 11.5. The van der Waals surface area contributed by atoms with E-state index in [-0.39, 0.29) is 5.75 Å². The van der Waals surface area contributed by atoms with Crippen LogP contribution in [0.25, 0.3) is 0 Å². The van der Waals surface area contributed by atoms with Crippen molar-refractivity contribution in [3.63, 3.8) is 0 Å². The summed E-state index contributed by atoms with van der Waals surface area (Å²) >= 11 is 1.29. The lowest BCUT2D eigenvalue weighted by Crippen LogP contribution is -2.43. The topological polar surface area (TPSA) is 62.3 Å². The van der Waals surface area contributed by atoms with E-state index in [4.69, 9.17) is 0 Å². The van der Waals surface area contributed by atoms with Crippen molar-refractivity contribution in [1.82, 2.24) is 10.3 Å². The van der Waals surface area contributed by atoms with Crippen LogP contribution < -0.4 is 10.2 Å². The lowest BCUT2D eigenvalue weighted by Gasteiger charge is -2.26. The maximum absolute atomic E-state index is 11.9. The van der Waals surface area contributed by atoms with Crippen molar-refractivity contribution in [1.29, 1.82) is 0 Å². The fraction of sp³-hybridized carbons (Fsp3) is 0.700. The van der Waals surface area contributed by atoms with Crippen molar-refractivity contribution in [2.24, 2.45) is 0 Å². The van der Waals surface area contributed by atoms with Gasteiger partial charge < -0.3 is 10.2 Å². The molecule has 1 fully saturated rings. The molecule has 0 saturated carbocycles. The minimum absolute atomic E-state index is 0.205. The summed E-state index contributed by atoms with van der Waals surface area (Å²) in [6, 6.07) is 0. The second-order valence-corrected chi connectivity index (χ2v) is 7.36. The van der Waals surface area contributed by atoms with Crippen LogP contribution in [0.1, 0.15) is 13.3 Å². The Bertz CT molecular complexity index is 464. The molecule has 1 aromatic heterocycles. The largest absolute Gasteiger partial charge is 0.346 e. The lowest BCUT2D eigenvalue weighted by molar-refractivity contribution is 0.588. The summed E-state index contributed by atoms with van der Waals surface area (Å²) < 4.78 is 24.1. The second kappa shape index (κ2) is 5.32. The summed E-state index contributed by atoms with van der Waals surface area (Å²) in [4.78, 5) is 6.36. The molecule has 17 heavy (non-hydrogen) atoms. The van der Waals surface area contributed by atoms with Gasteiger partial charge in [-0.25, -0.2) is 13.4 Å². The maximum atomic E-state index is 11.9. The first kappa shape index (κ1) is 12.8. The Kier molecular flexibility index (Phi) is 4.01. The molecule has 2 rings (SSSR count). The number of anilines is 1. The molecule has 1 N–H and O–H groups in total. The fourth-order valence-electron chi connectivity index (χ4n) is 1.77. The van der Waals surface area contributed by atoms with E-state index in [0.717, 1.165) is 31.3 Å². The normalized spacial score (nSPS) is 17.4.